The van der Waals surface area contributed by atoms with Crippen molar-refractivity contribution in [2.75, 3.05) is 0 Å². The van der Waals surface area contributed by atoms with Gasteiger partial charge >= 0.3 is 0 Å². The fourth-order valence-electron chi connectivity index (χ4n) is 2.51. The largest absolute Gasteiger partial charge is 0.365 e. The number of nitrogens with zero attached hydrogens (tertiary/aromatic N) is 2. The van der Waals surface area contributed by atoms with Crippen LogP contribution < -0.4 is 11.3 Å². The highest BCUT2D eigenvalue weighted by molar-refractivity contribution is 7.13. The third-order valence-corrected chi connectivity index (χ3v) is 4.48. The van der Waals surface area contributed by atoms with Crippen LogP contribution in [0.4, 0.5) is 0 Å². The van der Waals surface area contributed by atoms with Crippen LogP contribution in [0, 0.1) is 13.8 Å². The Hall–Kier alpha value is -2.67. The van der Waals surface area contributed by atoms with Crippen LogP contribution in [0.5, 0.6) is 0 Å². The van der Waals surface area contributed by atoms with Gasteiger partial charge in [-0.2, -0.15) is 0 Å². The average Bonchev–Trinajstić information content (AvgIpc) is 3.13. The zero-order chi connectivity index (χ0) is 16.6. The summed E-state index contributed by atoms with van der Waals surface area (Å²) in [5, 5.41) is 5.95. The molecule has 118 valence electrons. The Labute approximate surface area is 136 Å². The van der Waals surface area contributed by atoms with Gasteiger partial charge in [0.15, 0.2) is 5.76 Å². The summed E-state index contributed by atoms with van der Waals surface area (Å²) in [6, 6.07) is 7.42. The lowest BCUT2D eigenvalue weighted by molar-refractivity contribution is 0.0997. The molecule has 3 rings (SSSR count). The maximum Gasteiger partial charge on any atom is 0.264 e. The van der Waals surface area contributed by atoms with Gasteiger partial charge in [-0.1, -0.05) is 11.2 Å². The van der Waals surface area contributed by atoms with Crippen molar-refractivity contribution in [1.82, 2.24) is 9.72 Å². The van der Waals surface area contributed by atoms with E-state index in [0.717, 1.165) is 10.6 Å². The normalized spacial score (nSPS) is 10.9. The second kappa shape index (κ2) is 5.85. The van der Waals surface area contributed by atoms with Crippen LogP contribution in [0.15, 0.2) is 39.0 Å². The predicted molar refractivity (Wildman–Crippen MR) is 87.6 cm³/mol. The molecule has 0 unspecified atom stereocenters. The number of carbonyl (C=O) groups is 1. The van der Waals surface area contributed by atoms with Crippen molar-refractivity contribution in [2.24, 2.45) is 5.73 Å². The molecule has 0 aliphatic heterocycles. The molecule has 0 saturated heterocycles. The van der Waals surface area contributed by atoms with E-state index in [-0.39, 0.29) is 12.1 Å². The minimum atomic E-state index is -0.722. The number of aromatic nitrogens is 2. The van der Waals surface area contributed by atoms with E-state index < -0.39 is 11.5 Å². The van der Waals surface area contributed by atoms with Crippen molar-refractivity contribution in [3.8, 4) is 10.6 Å². The van der Waals surface area contributed by atoms with Gasteiger partial charge in [-0.05, 0) is 36.9 Å². The summed E-state index contributed by atoms with van der Waals surface area (Å²) < 4.78 is 6.79. The molecule has 0 radical (unpaired) electrons. The first-order valence-electron chi connectivity index (χ1n) is 6.97. The van der Waals surface area contributed by atoms with Crippen LogP contribution in [-0.2, 0) is 6.54 Å². The fraction of sp³-hybridized carbons (Fsp3) is 0.188. The molecule has 2 N–H and O–H groups in total. The Morgan fingerprint density at radius 3 is 2.83 bits per heavy atom. The molecule has 23 heavy (non-hydrogen) atoms. The summed E-state index contributed by atoms with van der Waals surface area (Å²) in [7, 11) is 0. The number of hydrogen-bond acceptors (Lipinski definition) is 5. The summed E-state index contributed by atoms with van der Waals surface area (Å²) in [6.07, 6.45) is 0. The molecule has 0 atom stereocenters. The Morgan fingerprint density at radius 2 is 2.17 bits per heavy atom. The number of aryl methyl sites for hydroxylation is 2. The average molecular weight is 329 g/mol. The van der Waals surface area contributed by atoms with Crippen LogP contribution in [-0.4, -0.2) is 15.6 Å². The molecule has 3 aromatic rings. The minimum Gasteiger partial charge on any atom is -0.365 e. The number of hydrogen-bond donors (Lipinski definition) is 1. The van der Waals surface area contributed by atoms with E-state index in [1.807, 2.05) is 17.5 Å². The third-order valence-electron chi connectivity index (χ3n) is 3.59. The van der Waals surface area contributed by atoms with E-state index in [9.17, 15) is 9.59 Å². The summed E-state index contributed by atoms with van der Waals surface area (Å²) in [4.78, 5) is 25.0. The second-order valence-electron chi connectivity index (χ2n) is 5.26. The van der Waals surface area contributed by atoms with Gasteiger partial charge < -0.3 is 14.8 Å². The zero-order valence-corrected chi connectivity index (χ0v) is 13.5. The first-order valence-corrected chi connectivity index (χ1v) is 7.85. The molecular formula is C16H15N3O3S. The molecule has 6 nitrogen and oxygen atoms in total. The second-order valence-corrected chi connectivity index (χ2v) is 6.21. The van der Waals surface area contributed by atoms with Crippen molar-refractivity contribution in [1.29, 1.82) is 0 Å². The lowest BCUT2D eigenvalue weighted by Gasteiger charge is -2.11. The molecule has 3 aromatic heterocycles. The lowest BCUT2D eigenvalue weighted by atomic mass is 10.1. The summed E-state index contributed by atoms with van der Waals surface area (Å²) in [6.45, 7) is 3.73. The molecular weight excluding hydrogens is 314 g/mol. The summed E-state index contributed by atoms with van der Waals surface area (Å²) >= 11 is 1.55. The van der Waals surface area contributed by atoms with Crippen molar-refractivity contribution < 1.29 is 9.32 Å². The number of amides is 1. The van der Waals surface area contributed by atoms with E-state index in [2.05, 4.69) is 5.16 Å². The van der Waals surface area contributed by atoms with Gasteiger partial charge in [-0.3, -0.25) is 9.59 Å². The fourth-order valence-corrected chi connectivity index (χ4v) is 3.18. The predicted octanol–water partition coefficient (Wildman–Crippen LogP) is 2.33. The monoisotopic (exact) mass is 329 g/mol. The number of rotatable bonds is 4. The first kappa shape index (κ1) is 15.2. The maximum atomic E-state index is 12.5. The minimum absolute atomic E-state index is 0.0116. The van der Waals surface area contributed by atoms with Crippen molar-refractivity contribution in [2.45, 2.75) is 20.4 Å². The maximum absolute atomic E-state index is 12.5. The third kappa shape index (κ3) is 2.83. The highest BCUT2D eigenvalue weighted by atomic mass is 32.1. The van der Waals surface area contributed by atoms with Gasteiger partial charge in [0.05, 0.1) is 11.4 Å². The molecule has 0 fully saturated rings. The van der Waals surface area contributed by atoms with Crippen LogP contribution in [0.2, 0.25) is 0 Å². The van der Waals surface area contributed by atoms with E-state index >= 15 is 0 Å². The quantitative estimate of drug-likeness (QED) is 0.795. The molecule has 0 aromatic carbocycles. The van der Waals surface area contributed by atoms with Gasteiger partial charge in [0, 0.05) is 11.8 Å². The first-order chi connectivity index (χ1) is 11.0. The topological polar surface area (TPSA) is 91.1 Å². The van der Waals surface area contributed by atoms with Crippen LogP contribution in [0.25, 0.3) is 10.6 Å². The summed E-state index contributed by atoms with van der Waals surface area (Å²) in [5.74, 6) is -0.0661. The van der Waals surface area contributed by atoms with Gasteiger partial charge in [0.2, 0.25) is 0 Å². The van der Waals surface area contributed by atoms with Crippen molar-refractivity contribution in [3.63, 3.8) is 0 Å². The molecule has 0 aliphatic carbocycles. The molecule has 3 heterocycles. The van der Waals surface area contributed by atoms with E-state index in [1.54, 1.807) is 37.3 Å². The van der Waals surface area contributed by atoms with E-state index in [1.165, 1.54) is 4.57 Å². The van der Waals surface area contributed by atoms with Crippen LogP contribution in [0.1, 0.15) is 27.3 Å². The van der Waals surface area contributed by atoms with Crippen LogP contribution in [0.3, 0.4) is 0 Å². The molecule has 1 amide bonds. The number of nitrogens with two attached hydrogens (primary N) is 1. The Morgan fingerprint density at radius 1 is 1.39 bits per heavy atom. The SMILES string of the molecule is Cc1cc(C)n(Cc2cc(-c3cccs3)on2)c(=O)c1C(N)=O. The van der Waals surface area contributed by atoms with Crippen molar-refractivity contribution in [3.05, 3.63) is 62.5 Å². The highest BCUT2D eigenvalue weighted by Crippen LogP contribution is 2.25. The van der Waals surface area contributed by atoms with E-state index in [4.69, 9.17) is 10.3 Å². The van der Waals surface area contributed by atoms with Gasteiger partial charge in [-0.15, -0.1) is 11.3 Å². The zero-order valence-electron chi connectivity index (χ0n) is 12.7. The molecule has 0 saturated carbocycles. The van der Waals surface area contributed by atoms with Crippen molar-refractivity contribution >= 4 is 17.2 Å². The Balaban J connectivity index is 1.99. The Bertz CT molecular complexity index is 923. The highest BCUT2D eigenvalue weighted by Gasteiger charge is 2.16. The van der Waals surface area contributed by atoms with Crippen LogP contribution >= 0.6 is 11.3 Å². The number of pyridine rings is 1. The number of primary amides is 1. The standard InChI is InChI=1S/C16H15N3O3S/c1-9-6-10(2)19(16(21)14(9)15(17)20)8-11-7-12(22-18-11)13-4-3-5-23-13/h3-7H,8H2,1-2H3,(H2,17,20). The number of carbonyl (C=O) groups excluding carboxylic acids is 1. The smallest absolute Gasteiger partial charge is 0.264 e. The van der Waals surface area contributed by atoms with Gasteiger partial charge in [0.25, 0.3) is 11.5 Å². The Kier molecular flexibility index (Phi) is 3.87. The molecule has 0 spiro atoms. The molecule has 7 heteroatoms. The molecule has 0 bridgehead atoms. The molecule has 0 aliphatic rings. The van der Waals surface area contributed by atoms with Gasteiger partial charge in [0.1, 0.15) is 11.3 Å². The van der Waals surface area contributed by atoms with E-state index in [0.29, 0.717) is 17.0 Å². The van der Waals surface area contributed by atoms with Gasteiger partial charge in [-0.25, -0.2) is 0 Å². The summed E-state index contributed by atoms with van der Waals surface area (Å²) in [5.41, 5.74) is 6.84. The number of thiophene rings is 1. The lowest BCUT2D eigenvalue weighted by Crippen LogP contribution is -2.32.